The van der Waals surface area contributed by atoms with Gasteiger partial charge in [0.05, 0.1) is 17.9 Å². The number of hydrogen-bond acceptors (Lipinski definition) is 4. The first-order valence-electron chi connectivity index (χ1n) is 8.71. The Labute approximate surface area is 147 Å². The quantitative estimate of drug-likeness (QED) is 0.873. The van der Waals surface area contributed by atoms with Crippen LogP contribution in [-0.2, 0) is 16.0 Å². The van der Waals surface area contributed by atoms with Gasteiger partial charge in [-0.05, 0) is 29.2 Å². The van der Waals surface area contributed by atoms with Crippen LogP contribution in [0.3, 0.4) is 0 Å². The highest BCUT2D eigenvalue weighted by Crippen LogP contribution is 2.47. The number of aryl methyl sites for hydroxylation is 1. The molecule has 0 radical (unpaired) electrons. The van der Waals surface area contributed by atoms with Crippen LogP contribution in [0.2, 0.25) is 0 Å². The molecule has 0 bridgehead atoms. The standard InChI is InChI=1S/C21H21NO3/c1-2-14-8-9-16-17(12-14)22(10-11-23)18-13-25-21(24)20(18)19(16)15-6-4-3-5-7-15/h3-9,12,19,23H,2,10-11,13H2,1H3. The molecule has 0 spiro atoms. The maximum absolute atomic E-state index is 12.5. The molecule has 2 heterocycles. The van der Waals surface area contributed by atoms with Crippen LogP contribution in [-0.4, -0.2) is 30.8 Å². The second-order valence-corrected chi connectivity index (χ2v) is 6.40. The van der Waals surface area contributed by atoms with Gasteiger partial charge in [0.15, 0.2) is 0 Å². The van der Waals surface area contributed by atoms with Crippen LogP contribution in [0.5, 0.6) is 0 Å². The normalized spacial score (nSPS) is 18.9. The summed E-state index contributed by atoms with van der Waals surface area (Å²) in [5.74, 6) is -0.376. The molecule has 0 amide bonds. The first kappa shape index (κ1) is 15.9. The Balaban J connectivity index is 1.96. The predicted octanol–water partition coefficient (Wildman–Crippen LogP) is 3.00. The molecular weight excluding hydrogens is 314 g/mol. The van der Waals surface area contributed by atoms with Gasteiger partial charge in [0.1, 0.15) is 6.61 Å². The van der Waals surface area contributed by atoms with Gasteiger partial charge in [0.25, 0.3) is 0 Å². The lowest BCUT2D eigenvalue weighted by Crippen LogP contribution is -2.33. The first-order chi connectivity index (χ1) is 12.2. The lowest BCUT2D eigenvalue weighted by atomic mass is 9.80. The summed E-state index contributed by atoms with van der Waals surface area (Å²) >= 11 is 0. The number of anilines is 1. The third kappa shape index (κ3) is 2.53. The monoisotopic (exact) mass is 335 g/mol. The topological polar surface area (TPSA) is 49.8 Å². The predicted molar refractivity (Wildman–Crippen MR) is 96.5 cm³/mol. The van der Waals surface area contributed by atoms with Crippen LogP contribution in [0.1, 0.15) is 29.5 Å². The number of rotatable bonds is 4. The van der Waals surface area contributed by atoms with Gasteiger partial charge in [-0.1, -0.05) is 49.4 Å². The number of benzene rings is 2. The fourth-order valence-electron chi connectivity index (χ4n) is 3.85. The van der Waals surface area contributed by atoms with E-state index in [2.05, 4.69) is 37.3 Å². The molecule has 4 nitrogen and oxygen atoms in total. The number of fused-ring (bicyclic) bond motifs is 1. The molecule has 2 aromatic carbocycles. The number of nitrogens with zero attached hydrogens (tertiary/aromatic N) is 1. The smallest absolute Gasteiger partial charge is 0.337 e. The number of carbonyl (C=O) groups is 1. The van der Waals surface area contributed by atoms with Crippen molar-refractivity contribution in [1.82, 2.24) is 0 Å². The lowest BCUT2D eigenvalue weighted by molar-refractivity contribution is -0.136. The van der Waals surface area contributed by atoms with Crippen molar-refractivity contribution in [2.75, 3.05) is 24.7 Å². The minimum Gasteiger partial charge on any atom is -0.456 e. The maximum atomic E-state index is 12.5. The van der Waals surface area contributed by atoms with E-state index >= 15 is 0 Å². The van der Waals surface area contributed by atoms with E-state index in [0.29, 0.717) is 12.1 Å². The Hall–Kier alpha value is -2.59. The van der Waals surface area contributed by atoms with Gasteiger partial charge < -0.3 is 14.7 Å². The second-order valence-electron chi connectivity index (χ2n) is 6.40. The van der Waals surface area contributed by atoms with Crippen molar-refractivity contribution >= 4 is 11.7 Å². The molecular formula is C21H21NO3. The molecule has 0 aromatic heterocycles. The Morgan fingerprint density at radius 2 is 2.00 bits per heavy atom. The SMILES string of the molecule is CCc1ccc2c(c1)N(CCO)C1=C(C(=O)OC1)C2c1ccccc1. The first-order valence-corrected chi connectivity index (χ1v) is 8.71. The van der Waals surface area contributed by atoms with E-state index in [9.17, 15) is 9.90 Å². The van der Waals surface area contributed by atoms with Crippen molar-refractivity contribution < 1.29 is 14.6 Å². The lowest BCUT2D eigenvalue weighted by Gasteiger charge is -2.35. The Kier molecular flexibility index (Phi) is 4.06. The van der Waals surface area contributed by atoms with Crippen LogP contribution in [0, 0.1) is 0 Å². The number of aliphatic hydroxyl groups is 1. The summed E-state index contributed by atoms with van der Waals surface area (Å²) in [5, 5.41) is 9.55. The molecule has 128 valence electrons. The molecule has 0 saturated heterocycles. The Bertz CT molecular complexity index is 841. The number of aliphatic hydroxyl groups excluding tert-OH is 1. The van der Waals surface area contributed by atoms with Gasteiger partial charge in [0.2, 0.25) is 0 Å². The number of β-amino-alcohol motifs (C(OH)–C–C–N with tert-alkyl or cyclic N) is 1. The van der Waals surface area contributed by atoms with Gasteiger partial charge in [-0.15, -0.1) is 0 Å². The van der Waals surface area contributed by atoms with E-state index in [4.69, 9.17) is 4.74 Å². The number of ether oxygens (including phenoxy) is 1. The third-order valence-electron chi connectivity index (χ3n) is 5.05. The molecule has 1 unspecified atom stereocenters. The average Bonchev–Trinajstić information content (AvgIpc) is 3.03. The van der Waals surface area contributed by atoms with Crippen LogP contribution < -0.4 is 4.90 Å². The van der Waals surface area contributed by atoms with Crippen LogP contribution in [0.15, 0.2) is 59.8 Å². The van der Waals surface area contributed by atoms with E-state index in [0.717, 1.165) is 28.9 Å². The van der Waals surface area contributed by atoms with Crippen LogP contribution >= 0.6 is 0 Å². The fourth-order valence-corrected chi connectivity index (χ4v) is 3.85. The van der Waals surface area contributed by atoms with E-state index in [1.807, 2.05) is 23.1 Å². The summed E-state index contributed by atoms with van der Waals surface area (Å²) < 4.78 is 5.38. The van der Waals surface area contributed by atoms with E-state index in [1.165, 1.54) is 5.56 Å². The largest absolute Gasteiger partial charge is 0.456 e. The molecule has 2 aromatic rings. The molecule has 4 rings (SSSR count). The number of cyclic esters (lactones) is 1. The van der Waals surface area contributed by atoms with Gasteiger partial charge in [-0.25, -0.2) is 4.79 Å². The highest BCUT2D eigenvalue weighted by Gasteiger charge is 2.41. The summed E-state index contributed by atoms with van der Waals surface area (Å²) in [6.45, 7) is 2.88. The van der Waals surface area contributed by atoms with Crippen molar-refractivity contribution in [3.63, 3.8) is 0 Å². The zero-order valence-electron chi connectivity index (χ0n) is 14.2. The molecule has 1 N–H and O–H groups in total. The number of hydrogen-bond donors (Lipinski definition) is 1. The zero-order valence-corrected chi connectivity index (χ0v) is 14.2. The van der Waals surface area contributed by atoms with Crippen molar-refractivity contribution in [1.29, 1.82) is 0 Å². The summed E-state index contributed by atoms with van der Waals surface area (Å²) in [7, 11) is 0. The van der Waals surface area contributed by atoms with Crippen molar-refractivity contribution in [3.05, 3.63) is 76.5 Å². The van der Waals surface area contributed by atoms with E-state index in [-0.39, 0.29) is 25.1 Å². The molecule has 25 heavy (non-hydrogen) atoms. The molecule has 0 saturated carbocycles. The Morgan fingerprint density at radius 3 is 2.72 bits per heavy atom. The van der Waals surface area contributed by atoms with Crippen molar-refractivity contribution in [2.24, 2.45) is 0 Å². The average molecular weight is 335 g/mol. The van der Waals surface area contributed by atoms with Crippen molar-refractivity contribution in [2.45, 2.75) is 19.3 Å². The summed E-state index contributed by atoms with van der Waals surface area (Å²) in [4.78, 5) is 14.6. The summed E-state index contributed by atoms with van der Waals surface area (Å²) in [6, 6.07) is 16.5. The fraction of sp³-hybridized carbons (Fsp3) is 0.286. The van der Waals surface area contributed by atoms with E-state index in [1.54, 1.807) is 0 Å². The second kappa shape index (κ2) is 6.37. The minimum atomic E-state index is -0.253. The molecule has 2 aliphatic heterocycles. The van der Waals surface area contributed by atoms with Gasteiger partial charge in [-0.2, -0.15) is 0 Å². The summed E-state index contributed by atoms with van der Waals surface area (Å²) in [6.07, 6.45) is 0.942. The summed E-state index contributed by atoms with van der Waals surface area (Å²) in [5.41, 5.74) is 6.07. The molecule has 2 aliphatic rings. The molecule has 0 fully saturated rings. The highest BCUT2D eigenvalue weighted by molar-refractivity contribution is 5.97. The minimum absolute atomic E-state index is 0.0246. The van der Waals surface area contributed by atoms with Crippen LogP contribution in [0.4, 0.5) is 5.69 Å². The van der Waals surface area contributed by atoms with Gasteiger partial charge in [0, 0.05) is 18.2 Å². The highest BCUT2D eigenvalue weighted by atomic mass is 16.5. The van der Waals surface area contributed by atoms with Gasteiger partial charge in [-0.3, -0.25) is 0 Å². The van der Waals surface area contributed by atoms with Crippen LogP contribution in [0.25, 0.3) is 0 Å². The zero-order chi connectivity index (χ0) is 17.4. The van der Waals surface area contributed by atoms with Gasteiger partial charge >= 0.3 is 5.97 Å². The molecule has 1 atom stereocenters. The number of esters is 1. The Morgan fingerprint density at radius 1 is 1.20 bits per heavy atom. The van der Waals surface area contributed by atoms with E-state index < -0.39 is 0 Å². The third-order valence-corrected chi connectivity index (χ3v) is 5.05. The van der Waals surface area contributed by atoms with Crippen molar-refractivity contribution in [3.8, 4) is 0 Å². The molecule has 0 aliphatic carbocycles. The molecule has 4 heteroatoms. The number of carbonyl (C=O) groups excluding carboxylic acids is 1. The maximum Gasteiger partial charge on any atom is 0.337 e.